The number of hydrogen-bond donors (Lipinski definition) is 2. The minimum atomic E-state index is -3.64. The average Bonchev–Trinajstić information content (AvgIpc) is 2.27. The molecule has 0 amide bonds. The molecule has 108 valence electrons. The van der Waals surface area contributed by atoms with Crippen LogP contribution in [0.2, 0.25) is 0 Å². The zero-order valence-corrected chi connectivity index (χ0v) is 12.5. The van der Waals surface area contributed by atoms with Gasteiger partial charge in [-0.25, -0.2) is 21.6 Å². The Hall–Kier alpha value is -1.12. The lowest BCUT2D eigenvalue weighted by Crippen LogP contribution is -2.26. The summed E-state index contributed by atoms with van der Waals surface area (Å²) in [5.74, 6) is -0.0500. The Morgan fingerprint density at radius 2 is 1.84 bits per heavy atom. The topological polar surface area (TPSA) is 106 Å². The second kappa shape index (κ2) is 5.89. The van der Waals surface area contributed by atoms with Gasteiger partial charge in [0.1, 0.15) is 9.84 Å². The highest BCUT2D eigenvalue weighted by Crippen LogP contribution is 2.16. The number of rotatable bonds is 6. The fraction of sp³-hybridized carbons (Fsp3) is 0.455. The van der Waals surface area contributed by atoms with Crippen LogP contribution >= 0.6 is 0 Å². The van der Waals surface area contributed by atoms with Gasteiger partial charge < -0.3 is 5.73 Å². The summed E-state index contributed by atoms with van der Waals surface area (Å²) < 4.78 is 48.0. The summed E-state index contributed by atoms with van der Waals surface area (Å²) in [6.45, 7) is 1.86. The van der Waals surface area contributed by atoms with Gasteiger partial charge in [-0.15, -0.1) is 0 Å². The van der Waals surface area contributed by atoms with E-state index in [0.717, 1.165) is 11.8 Å². The fourth-order valence-corrected chi connectivity index (χ4v) is 3.19. The fourth-order valence-electron chi connectivity index (χ4n) is 1.41. The van der Waals surface area contributed by atoms with Gasteiger partial charge >= 0.3 is 0 Å². The molecule has 0 bridgehead atoms. The van der Waals surface area contributed by atoms with Gasteiger partial charge in [0.15, 0.2) is 0 Å². The summed E-state index contributed by atoms with van der Waals surface area (Å²) in [5.41, 5.74) is 6.86. The van der Waals surface area contributed by atoms with Crippen molar-refractivity contribution in [3.8, 4) is 0 Å². The molecule has 0 atom stereocenters. The maximum Gasteiger partial charge on any atom is 0.240 e. The van der Waals surface area contributed by atoms with Crippen LogP contribution in [-0.4, -0.2) is 35.4 Å². The first-order chi connectivity index (χ1) is 8.62. The molecule has 0 saturated carbocycles. The predicted octanol–water partition coefficient (Wildman–Crippen LogP) is 0.290. The van der Waals surface area contributed by atoms with Crippen molar-refractivity contribution in [2.24, 2.45) is 0 Å². The monoisotopic (exact) mass is 306 g/mol. The second-order valence-corrected chi connectivity index (χ2v) is 8.43. The van der Waals surface area contributed by atoms with Crippen LogP contribution in [-0.2, 0) is 19.9 Å². The van der Waals surface area contributed by atoms with Gasteiger partial charge in [0.25, 0.3) is 0 Å². The van der Waals surface area contributed by atoms with Crippen LogP contribution in [0.5, 0.6) is 0 Å². The molecule has 0 saturated heterocycles. The third-order valence-electron chi connectivity index (χ3n) is 2.54. The van der Waals surface area contributed by atoms with Crippen molar-refractivity contribution >= 4 is 25.5 Å². The van der Waals surface area contributed by atoms with Crippen LogP contribution in [0.4, 0.5) is 5.69 Å². The number of sulfone groups is 1. The first kappa shape index (κ1) is 15.9. The van der Waals surface area contributed by atoms with Gasteiger partial charge in [-0.2, -0.15) is 0 Å². The van der Waals surface area contributed by atoms with Gasteiger partial charge in [-0.05, 0) is 31.0 Å². The lowest BCUT2D eigenvalue weighted by molar-refractivity contribution is 0.577. The molecule has 3 N–H and O–H groups in total. The summed E-state index contributed by atoms with van der Waals surface area (Å²) in [6.07, 6.45) is 1.35. The van der Waals surface area contributed by atoms with Crippen molar-refractivity contribution in [2.75, 3.05) is 24.3 Å². The predicted molar refractivity (Wildman–Crippen MR) is 75.1 cm³/mol. The molecule has 0 fully saturated rings. The van der Waals surface area contributed by atoms with Gasteiger partial charge in [0.05, 0.1) is 10.6 Å². The molecule has 0 aliphatic rings. The summed E-state index contributed by atoms with van der Waals surface area (Å²) >= 11 is 0. The molecule has 0 aromatic heterocycles. The van der Waals surface area contributed by atoms with Crippen molar-refractivity contribution in [3.63, 3.8) is 0 Å². The largest absolute Gasteiger partial charge is 0.398 e. The van der Waals surface area contributed by atoms with E-state index in [1.807, 2.05) is 0 Å². The maximum atomic E-state index is 11.9. The van der Waals surface area contributed by atoms with Crippen LogP contribution in [0.25, 0.3) is 0 Å². The molecule has 0 aliphatic heterocycles. The molecule has 0 heterocycles. The van der Waals surface area contributed by atoms with Gasteiger partial charge in [-0.3, -0.25) is 0 Å². The number of nitrogens with one attached hydrogen (secondary N) is 1. The molecule has 1 aromatic carbocycles. The number of anilines is 1. The summed E-state index contributed by atoms with van der Waals surface area (Å²) in [4.78, 5) is 0.0787. The lowest BCUT2D eigenvalue weighted by Gasteiger charge is -2.08. The Morgan fingerprint density at radius 1 is 1.21 bits per heavy atom. The number of nitrogens with two attached hydrogens (primary N) is 1. The summed E-state index contributed by atoms with van der Waals surface area (Å²) in [6, 6.07) is 4.47. The Kier molecular flexibility index (Phi) is 4.94. The van der Waals surface area contributed by atoms with Crippen molar-refractivity contribution in [2.45, 2.75) is 18.2 Å². The molecule has 6 nitrogen and oxygen atoms in total. The minimum Gasteiger partial charge on any atom is -0.398 e. The lowest BCUT2D eigenvalue weighted by atomic mass is 10.2. The zero-order chi connectivity index (χ0) is 14.7. The number of nitrogen functional groups attached to an aromatic ring is 1. The quantitative estimate of drug-likeness (QED) is 0.580. The van der Waals surface area contributed by atoms with E-state index in [2.05, 4.69) is 4.72 Å². The van der Waals surface area contributed by atoms with E-state index < -0.39 is 19.9 Å². The van der Waals surface area contributed by atoms with E-state index in [-0.39, 0.29) is 23.6 Å². The molecule has 0 unspecified atom stereocenters. The van der Waals surface area contributed by atoms with E-state index >= 15 is 0 Å². The van der Waals surface area contributed by atoms with E-state index in [1.165, 1.54) is 12.1 Å². The number of aryl methyl sites for hydroxylation is 1. The van der Waals surface area contributed by atoms with Crippen LogP contribution in [0, 0.1) is 6.92 Å². The molecular weight excluding hydrogens is 288 g/mol. The summed E-state index contributed by atoms with van der Waals surface area (Å²) in [7, 11) is -6.72. The first-order valence-corrected chi connectivity index (χ1v) is 9.20. The standard InChI is InChI=1S/C11H18N2O4S2/c1-9-4-5-10(8-11(9)12)19(16,17)13-6-3-7-18(2,14)15/h4-5,8,13H,3,6-7,12H2,1-2H3. The third-order valence-corrected chi connectivity index (χ3v) is 5.03. The summed E-state index contributed by atoms with van der Waals surface area (Å²) in [5, 5.41) is 0. The second-order valence-electron chi connectivity index (χ2n) is 4.40. The molecule has 19 heavy (non-hydrogen) atoms. The molecular formula is C11H18N2O4S2. The van der Waals surface area contributed by atoms with E-state index in [1.54, 1.807) is 13.0 Å². The molecule has 0 aliphatic carbocycles. The highest BCUT2D eigenvalue weighted by molar-refractivity contribution is 7.90. The number of hydrogen-bond acceptors (Lipinski definition) is 5. The Morgan fingerprint density at radius 3 is 2.37 bits per heavy atom. The van der Waals surface area contributed by atoms with E-state index in [9.17, 15) is 16.8 Å². The van der Waals surface area contributed by atoms with Crippen LogP contribution < -0.4 is 10.5 Å². The van der Waals surface area contributed by atoms with Crippen molar-refractivity contribution in [1.29, 1.82) is 0 Å². The van der Waals surface area contributed by atoms with Gasteiger partial charge in [0, 0.05) is 18.5 Å². The zero-order valence-electron chi connectivity index (χ0n) is 10.9. The Balaban J connectivity index is 2.68. The smallest absolute Gasteiger partial charge is 0.240 e. The maximum absolute atomic E-state index is 11.9. The molecule has 8 heteroatoms. The molecule has 0 spiro atoms. The first-order valence-electron chi connectivity index (χ1n) is 5.65. The van der Waals surface area contributed by atoms with Crippen LogP contribution in [0.15, 0.2) is 23.1 Å². The van der Waals surface area contributed by atoms with Crippen molar-refractivity contribution in [3.05, 3.63) is 23.8 Å². The molecule has 1 rings (SSSR count). The average molecular weight is 306 g/mol. The number of sulfonamides is 1. The number of benzene rings is 1. The molecule has 1 aromatic rings. The normalized spacial score (nSPS) is 12.5. The minimum absolute atomic E-state index is 0.0500. The van der Waals surface area contributed by atoms with Gasteiger partial charge in [-0.1, -0.05) is 6.07 Å². The third kappa shape index (κ3) is 5.17. The highest BCUT2D eigenvalue weighted by atomic mass is 32.2. The Bertz CT molecular complexity index is 651. The SMILES string of the molecule is Cc1ccc(S(=O)(=O)NCCCS(C)(=O)=O)cc1N. The Labute approximate surface area is 114 Å². The van der Waals surface area contributed by atoms with E-state index in [4.69, 9.17) is 5.73 Å². The highest BCUT2D eigenvalue weighted by Gasteiger charge is 2.14. The van der Waals surface area contributed by atoms with Gasteiger partial charge in [0.2, 0.25) is 10.0 Å². The van der Waals surface area contributed by atoms with Crippen molar-refractivity contribution in [1.82, 2.24) is 4.72 Å². The van der Waals surface area contributed by atoms with Crippen LogP contribution in [0.1, 0.15) is 12.0 Å². The molecule has 0 radical (unpaired) electrons. The van der Waals surface area contributed by atoms with E-state index in [0.29, 0.717) is 5.69 Å². The van der Waals surface area contributed by atoms with Crippen molar-refractivity contribution < 1.29 is 16.8 Å². The van der Waals surface area contributed by atoms with Crippen LogP contribution in [0.3, 0.4) is 0 Å².